The summed E-state index contributed by atoms with van der Waals surface area (Å²) in [6.45, 7) is 5.12. The number of rotatable bonds is 4. The van der Waals surface area contributed by atoms with Crippen molar-refractivity contribution in [3.63, 3.8) is 0 Å². The molecule has 0 radical (unpaired) electrons. The van der Waals surface area contributed by atoms with Gasteiger partial charge in [0, 0.05) is 23.2 Å². The third kappa shape index (κ3) is 2.89. The average Bonchev–Trinajstić information content (AvgIpc) is 3.29. The number of nitrogens with one attached hydrogen (secondary N) is 1. The number of aromatic amines is 1. The van der Waals surface area contributed by atoms with Gasteiger partial charge in [-0.05, 0) is 38.4 Å². The number of likely N-dealkylation sites (tertiary alicyclic amines) is 1. The van der Waals surface area contributed by atoms with Crippen LogP contribution in [-0.2, 0) is 12.0 Å². The van der Waals surface area contributed by atoms with Crippen LogP contribution in [0.25, 0.3) is 0 Å². The third-order valence-corrected chi connectivity index (χ3v) is 5.85. The number of aromatic nitrogens is 3. The fourth-order valence-electron chi connectivity index (χ4n) is 3.72. The largest absolute Gasteiger partial charge is 0.348 e. The average molecular weight is 338 g/mol. The number of hydrogen-bond donors (Lipinski definition) is 1. The van der Waals surface area contributed by atoms with Crippen LogP contribution in [0.2, 0.25) is 0 Å². The second-order valence-electron chi connectivity index (χ2n) is 6.51. The van der Waals surface area contributed by atoms with Crippen LogP contribution in [-0.4, -0.2) is 32.9 Å². The molecule has 1 aliphatic rings. The van der Waals surface area contributed by atoms with Gasteiger partial charge in [0.25, 0.3) is 0 Å². The summed E-state index contributed by atoms with van der Waals surface area (Å²) < 4.78 is 0. The second kappa shape index (κ2) is 6.49. The molecule has 1 aliphatic heterocycles. The summed E-state index contributed by atoms with van der Waals surface area (Å²) >= 11 is 1.76. The summed E-state index contributed by atoms with van der Waals surface area (Å²) in [4.78, 5) is 14.9. The highest BCUT2D eigenvalue weighted by Crippen LogP contribution is 2.42. The van der Waals surface area contributed by atoms with E-state index in [1.165, 1.54) is 11.3 Å². The molecular weight excluding hydrogens is 316 g/mol. The SMILES string of the molecule is Cc1nc(C2(c3ccccc3)CCN(Cc3ncc[nH]3)CC2)cs1. The molecule has 0 unspecified atom stereocenters. The van der Waals surface area contributed by atoms with Crippen molar-refractivity contribution >= 4 is 11.3 Å². The maximum Gasteiger partial charge on any atom is 0.120 e. The van der Waals surface area contributed by atoms with E-state index in [4.69, 9.17) is 4.98 Å². The number of nitrogens with zero attached hydrogens (tertiary/aromatic N) is 3. The van der Waals surface area contributed by atoms with Crippen molar-refractivity contribution in [3.05, 3.63) is 70.2 Å². The van der Waals surface area contributed by atoms with Gasteiger partial charge >= 0.3 is 0 Å². The molecular formula is C19H22N4S. The summed E-state index contributed by atoms with van der Waals surface area (Å²) in [5, 5.41) is 3.41. The zero-order chi connectivity index (χ0) is 16.4. The molecule has 0 bridgehead atoms. The van der Waals surface area contributed by atoms with E-state index in [-0.39, 0.29) is 5.41 Å². The van der Waals surface area contributed by atoms with Crippen LogP contribution in [0.3, 0.4) is 0 Å². The molecule has 1 N–H and O–H groups in total. The first kappa shape index (κ1) is 15.5. The maximum atomic E-state index is 4.87. The number of piperidine rings is 1. The number of benzene rings is 1. The first-order chi connectivity index (χ1) is 11.8. The minimum Gasteiger partial charge on any atom is -0.348 e. The smallest absolute Gasteiger partial charge is 0.120 e. The van der Waals surface area contributed by atoms with Gasteiger partial charge in [-0.15, -0.1) is 11.3 Å². The molecule has 0 atom stereocenters. The first-order valence-corrected chi connectivity index (χ1v) is 9.33. The van der Waals surface area contributed by atoms with Gasteiger partial charge in [-0.2, -0.15) is 0 Å². The minimum absolute atomic E-state index is 0.0473. The summed E-state index contributed by atoms with van der Waals surface area (Å²) in [7, 11) is 0. The standard InChI is InChI=1S/C19H22N4S/c1-15-22-17(14-24-15)19(16-5-3-2-4-6-16)7-11-23(12-8-19)13-18-20-9-10-21-18/h2-6,9-10,14H,7-8,11-13H2,1H3,(H,20,21). The summed E-state index contributed by atoms with van der Waals surface area (Å²) in [5.41, 5.74) is 2.69. The van der Waals surface area contributed by atoms with Crippen molar-refractivity contribution in [3.8, 4) is 0 Å². The predicted molar refractivity (Wildman–Crippen MR) is 97.2 cm³/mol. The molecule has 24 heavy (non-hydrogen) atoms. The van der Waals surface area contributed by atoms with Crippen LogP contribution in [0.5, 0.6) is 0 Å². The van der Waals surface area contributed by atoms with Crippen molar-refractivity contribution in [2.45, 2.75) is 31.7 Å². The molecule has 0 aliphatic carbocycles. The summed E-state index contributed by atoms with van der Waals surface area (Å²) in [5.74, 6) is 1.05. The van der Waals surface area contributed by atoms with Crippen molar-refractivity contribution in [2.24, 2.45) is 0 Å². The summed E-state index contributed by atoms with van der Waals surface area (Å²) in [6, 6.07) is 10.9. The molecule has 1 aromatic carbocycles. The number of thiazole rings is 1. The van der Waals surface area contributed by atoms with Crippen LogP contribution in [0.1, 0.15) is 34.9 Å². The Morgan fingerprint density at radius 1 is 1.21 bits per heavy atom. The molecule has 0 saturated carbocycles. The van der Waals surface area contributed by atoms with Gasteiger partial charge < -0.3 is 4.98 Å². The lowest BCUT2D eigenvalue weighted by molar-refractivity contribution is 0.167. The lowest BCUT2D eigenvalue weighted by Gasteiger charge is -2.41. The molecule has 5 heteroatoms. The Morgan fingerprint density at radius 2 is 2.00 bits per heavy atom. The van der Waals surface area contributed by atoms with Crippen LogP contribution < -0.4 is 0 Å². The third-order valence-electron chi connectivity index (χ3n) is 5.07. The van der Waals surface area contributed by atoms with E-state index < -0.39 is 0 Å². The molecule has 0 amide bonds. The number of aryl methyl sites for hydroxylation is 1. The molecule has 1 fully saturated rings. The number of H-pyrrole nitrogens is 1. The predicted octanol–water partition coefficient (Wildman–Crippen LogP) is 3.76. The highest BCUT2D eigenvalue weighted by molar-refractivity contribution is 7.09. The molecule has 1 saturated heterocycles. The van der Waals surface area contributed by atoms with E-state index in [1.54, 1.807) is 11.3 Å². The Bertz CT molecular complexity index is 771. The van der Waals surface area contributed by atoms with Gasteiger partial charge in [0.1, 0.15) is 5.82 Å². The van der Waals surface area contributed by atoms with Crippen molar-refractivity contribution in [1.29, 1.82) is 0 Å². The monoisotopic (exact) mass is 338 g/mol. The van der Waals surface area contributed by atoms with Crippen LogP contribution >= 0.6 is 11.3 Å². The van der Waals surface area contributed by atoms with Crippen LogP contribution in [0.4, 0.5) is 0 Å². The quantitative estimate of drug-likeness (QED) is 0.788. The molecule has 4 rings (SSSR count). The molecule has 0 spiro atoms. The van der Waals surface area contributed by atoms with Crippen molar-refractivity contribution < 1.29 is 0 Å². The molecule has 3 aromatic rings. The Balaban J connectivity index is 1.59. The van der Waals surface area contributed by atoms with Crippen molar-refractivity contribution in [2.75, 3.05) is 13.1 Å². The maximum absolute atomic E-state index is 4.87. The van der Waals surface area contributed by atoms with Gasteiger partial charge in [-0.25, -0.2) is 9.97 Å². The van der Waals surface area contributed by atoms with Gasteiger partial charge in [-0.3, -0.25) is 4.90 Å². The van der Waals surface area contributed by atoms with E-state index in [1.807, 2.05) is 12.4 Å². The zero-order valence-corrected chi connectivity index (χ0v) is 14.7. The zero-order valence-electron chi connectivity index (χ0n) is 13.9. The Morgan fingerprint density at radius 3 is 2.62 bits per heavy atom. The highest BCUT2D eigenvalue weighted by atomic mass is 32.1. The first-order valence-electron chi connectivity index (χ1n) is 8.45. The van der Waals surface area contributed by atoms with Gasteiger partial charge in [0.15, 0.2) is 0 Å². The summed E-state index contributed by atoms with van der Waals surface area (Å²) in [6.07, 6.45) is 5.92. The van der Waals surface area contributed by atoms with Gasteiger partial charge in [-0.1, -0.05) is 30.3 Å². The van der Waals surface area contributed by atoms with Crippen LogP contribution in [0, 0.1) is 6.92 Å². The van der Waals surface area contributed by atoms with Crippen LogP contribution in [0.15, 0.2) is 48.1 Å². The topological polar surface area (TPSA) is 44.8 Å². The Kier molecular flexibility index (Phi) is 4.21. The molecule has 3 heterocycles. The normalized spacial score (nSPS) is 17.9. The number of imidazole rings is 1. The molecule has 2 aromatic heterocycles. The molecule has 4 nitrogen and oxygen atoms in total. The Labute approximate surface area is 146 Å². The minimum atomic E-state index is 0.0473. The lowest BCUT2D eigenvalue weighted by atomic mass is 9.70. The van der Waals surface area contributed by atoms with E-state index >= 15 is 0 Å². The number of hydrogen-bond acceptors (Lipinski definition) is 4. The van der Waals surface area contributed by atoms with E-state index in [0.717, 1.165) is 43.3 Å². The fourth-order valence-corrected chi connectivity index (χ4v) is 4.43. The van der Waals surface area contributed by atoms with E-state index in [0.29, 0.717) is 0 Å². The van der Waals surface area contributed by atoms with Crippen molar-refractivity contribution in [1.82, 2.24) is 19.9 Å². The van der Waals surface area contributed by atoms with Gasteiger partial charge in [0.05, 0.1) is 17.2 Å². The molecule has 124 valence electrons. The Hall–Kier alpha value is -1.98. The second-order valence-corrected chi connectivity index (χ2v) is 7.57. The van der Waals surface area contributed by atoms with Gasteiger partial charge in [0.2, 0.25) is 0 Å². The fraction of sp³-hybridized carbons (Fsp3) is 0.368. The van der Waals surface area contributed by atoms with E-state index in [9.17, 15) is 0 Å². The highest BCUT2D eigenvalue weighted by Gasteiger charge is 2.39. The van der Waals surface area contributed by atoms with E-state index in [2.05, 4.69) is 57.5 Å². The lowest BCUT2D eigenvalue weighted by Crippen LogP contribution is -2.43.